The molecule has 0 saturated heterocycles. The molecule has 5 heteroatoms. The zero-order chi connectivity index (χ0) is 17.4. The number of fused-ring (bicyclic) bond motifs is 2. The Morgan fingerprint density at radius 1 is 1.28 bits per heavy atom. The Kier molecular flexibility index (Phi) is 4.42. The summed E-state index contributed by atoms with van der Waals surface area (Å²) >= 11 is 3.52. The van der Waals surface area contributed by atoms with Crippen molar-refractivity contribution in [2.45, 2.75) is 31.3 Å². The average Bonchev–Trinajstić information content (AvgIpc) is 3.01. The minimum atomic E-state index is -0.204. The van der Waals surface area contributed by atoms with Crippen LogP contribution in [0.5, 0.6) is 11.5 Å². The number of carbonyl (C=O) groups is 1. The molecule has 0 amide bonds. The highest BCUT2D eigenvalue weighted by Gasteiger charge is 2.30. The molecule has 0 fully saturated rings. The molecule has 25 heavy (non-hydrogen) atoms. The van der Waals surface area contributed by atoms with Crippen molar-refractivity contribution >= 4 is 21.9 Å². The maximum Gasteiger partial charge on any atom is 0.306 e. The zero-order valence-corrected chi connectivity index (χ0v) is 15.5. The van der Waals surface area contributed by atoms with Crippen LogP contribution in [0.1, 0.15) is 41.6 Å². The monoisotopic (exact) mass is 402 g/mol. The van der Waals surface area contributed by atoms with Crippen LogP contribution in [0.3, 0.4) is 0 Å². The predicted octanol–water partition coefficient (Wildman–Crippen LogP) is 4.55. The number of hydrogen-bond acceptors (Lipinski definition) is 4. The van der Waals surface area contributed by atoms with Crippen LogP contribution in [0.4, 0.5) is 0 Å². The topological polar surface area (TPSA) is 44.8 Å². The molecule has 1 unspecified atom stereocenters. The number of methoxy groups -OCH3 is 1. The highest BCUT2D eigenvalue weighted by atomic mass is 79.9. The van der Waals surface area contributed by atoms with E-state index in [4.69, 9.17) is 14.2 Å². The Labute approximate surface area is 155 Å². The number of benzene rings is 2. The van der Waals surface area contributed by atoms with Gasteiger partial charge in [0.15, 0.2) is 0 Å². The number of carbonyl (C=O) groups excluding carboxylic acids is 1. The lowest BCUT2D eigenvalue weighted by atomic mass is 9.92. The van der Waals surface area contributed by atoms with Crippen LogP contribution in [-0.2, 0) is 16.0 Å². The molecule has 0 aliphatic carbocycles. The van der Waals surface area contributed by atoms with E-state index in [0.717, 1.165) is 34.4 Å². The normalized spacial score (nSPS) is 20.9. The standard InChI is InChI=1S/C20H19BrO4/c1-23-20(22)9-14-11-24-19-10-18-13(8-16(14)19)5-6-17(25-18)12-3-2-4-15(21)7-12/h2-4,7-8,10,14,17H,5-6,9,11H2,1H3/t14-,17?/m1/s1. The van der Waals surface area contributed by atoms with E-state index in [-0.39, 0.29) is 18.0 Å². The fourth-order valence-electron chi connectivity index (χ4n) is 3.55. The van der Waals surface area contributed by atoms with Gasteiger partial charge in [-0.1, -0.05) is 28.1 Å². The number of esters is 1. The maximum atomic E-state index is 11.6. The van der Waals surface area contributed by atoms with Crippen LogP contribution in [0.25, 0.3) is 0 Å². The molecule has 0 saturated carbocycles. The number of rotatable bonds is 3. The summed E-state index contributed by atoms with van der Waals surface area (Å²) in [5.74, 6) is 1.57. The lowest BCUT2D eigenvalue weighted by Gasteiger charge is -2.27. The van der Waals surface area contributed by atoms with E-state index in [9.17, 15) is 4.79 Å². The van der Waals surface area contributed by atoms with E-state index < -0.39 is 0 Å². The molecule has 0 spiro atoms. The van der Waals surface area contributed by atoms with Crippen LogP contribution in [0.15, 0.2) is 40.9 Å². The molecule has 0 radical (unpaired) electrons. The Morgan fingerprint density at radius 3 is 2.96 bits per heavy atom. The van der Waals surface area contributed by atoms with E-state index >= 15 is 0 Å². The first kappa shape index (κ1) is 16.5. The minimum Gasteiger partial charge on any atom is -0.492 e. The lowest BCUT2D eigenvalue weighted by Crippen LogP contribution is -2.15. The molecule has 0 N–H and O–H groups in total. The van der Waals surface area contributed by atoms with E-state index in [1.807, 2.05) is 18.2 Å². The van der Waals surface area contributed by atoms with Crippen molar-refractivity contribution in [1.29, 1.82) is 0 Å². The second kappa shape index (κ2) is 6.71. The molecule has 0 bridgehead atoms. The minimum absolute atomic E-state index is 0.0512. The molecule has 2 aromatic rings. The molecular formula is C20H19BrO4. The van der Waals surface area contributed by atoms with Crippen molar-refractivity contribution in [3.8, 4) is 11.5 Å². The third kappa shape index (κ3) is 3.25. The molecule has 4 rings (SSSR count). The van der Waals surface area contributed by atoms with E-state index in [1.54, 1.807) is 0 Å². The van der Waals surface area contributed by atoms with Crippen molar-refractivity contribution < 1.29 is 19.0 Å². The first-order valence-corrected chi connectivity index (χ1v) is 9.22. The van der Waals surface area contributed by atoms with Crippen molar-refractivity contribution in [3.05, 3.63) is 57.6 Å². The predicted molar refractivity (Wildman–Crippen MR) is 97.1 cm³/mol. The highest BCUT2D eigenvalue weighted by molar-refractivity contribution is 9.10. The van der Waals surface area contributed by atoms with Crippen molar-refractivity contribution in [1.82, 2.24) is 0 Å². The fraction of sp³-hybridized carbons (Fsp3) is 0.350. The van der Waals surface area contributed by atoms with E-state index in [1.165, 1.54) is 18.2 Å². The summed E-state index contributed by atoms with van der Waals surface area (Å²) in [5.41, 5.74) is 3.45. The number of aryl methyl sites for hydroxylation is 1. The summed E-state index contributed by atoms with van der Waals surface area (Å²) in [6.45, 7) is 0.516. The third-order valence-electron chi connectivity index (χ3n) is 4.88. The molecule has 2 aromatic carbocycles. The Bertz CT molecular complexity index is 817. The molecule has 130 valence electrons. The van der Waals surface area contributed by atoms with Gasteiger partial charge >= 0.3 is 5.97 Å². The largest absolute Gasteiger partial charge is 0.492 e. The second-order valence-corrected chi connectivity index (χ2v) is 7.40. The van der Waals surface area contributed by atoms with Gasteiger partial charge in [-0.25, -0.2) is 0 Å². The van der Waals surface area contributed by atoms with Gasteiger partial charge in [0.1, 0.15) is 17.6 Å². The first-order chi connectivity index (χ1) is 12.1. The SMILES string of the molecule is COC(=O)C[C@@H]1COc2cc3c(cc21)CCC(c1cccc(Br)c1)O3. The molecule has 0 aromatic heterocycles. The quantitative estimate of drug-likeness (QED) is 0.706. The maximum absolute atomic E-state index is 11.6. The van der Waals surface area contributed by atoms with Crippen molar-refractivity contribution in [2.75, 3.05) is 13.7 Å². The lowest BCUT2D eigenvalue weighted by molar-refractivity contribution is -0.141. The number of hydrogen-bond donors (Lipinski definition) is 0. The molecule has 2 atom stereocenters. The van der Waals surface area contributed by atoms with Gasteiger partial charge in [-0.3, -0.25) is 4.79 Å². The summed E-state index contributed by atoms with van der Waals surface area (Å²) in [5, 5.41) is 0. The fourth-order valence-corrected chi connectivity index (χ4v) is 3.97. The summed E-state index contributed by atoms with van der Waals surface area (Å²) < 4.78 is 17.9. The number of halogens is 1. The average molecular weight is 403 g/mol. The van der Waals surface area contributed by atoms with Gasteiger partial charge in [-0.2, -0.15) is 0 Å². The van der Waals surface area contributed by atoms with Crippen LogP contribution < -0.4 is 9.47 Å². The molecule has 2 aliphatic heterocycles. The highest BCUT2D eigenvalue weighted by Crippen LogP contribution is 2.44. The summed E-state index contributed by atoms with van der Waals surface area (Å²) in [4.78, 5) is 11.6. The van der Waals surface area contributed by atoms with Gasteiger partial charge in [0, 0.05) is 22.0 Å². The van der Waals surface area contributed by atoms with E-state index in [2.05, 4.69) is 34.1 Å². The van der Waals surface area contributed by atoms with Gasteiger partial charge < -0.3 is 14.2 Å². The third-order valence-corrected chi connectivity index (χ3v) is 5.37. The van der Waals surface area contributed by atoms with E-state index in [0.29, 0.717) is 13.0 Å². The molecule has 4 nitrogen and oxygen atoms in total. The number of ether oxygens (including phenoxy) is 3. The summed E-state index contributed by atoms with van der Waals surface area (Å²) in [6, 6.07) is 12.4. The van der Waals surface area contributed by atoms with Crippen LogP contribution in [0, 0.1) is 0 Å². The van der Waals surface area contributed by atoms with Gasteiger partial charge in [-0.05, 0) is 42.2 Å². The van der Waals surface area contributed by atoms with Gasteiger partial charge in [0.05, 0.1) is 20.1 Å². The van der Waals surface area contributed by atoms with Crippen LogP contribution in [0.2, 0.25) is 0 Å². The summed E-state index contributed by atoms with van der Waals surface area (Å²) in [6.07, 6.45) is 2.29. The molecule has 2 heterocycles. The Balaban J connectivity index is 1.58. The molecular weight excluding hydrogens is 384 g/mol. The zero-order valence-electron chi connectivity index (χ0n) is 14.0. The first-order valence-electron chi connectivity index (χ1n) is 8.42. The Morgan fingerprint density at radius 2 is 2.16 bits per heavy atom. The smallest absolute Gasteiger partial charge is 0.306 e. The van der Waals surface area contributed by atoms with Crippen molar-refractivity contribution in [2.24, 2.45) is 0 Å². The van der Waals surface area contributed by atoms with Crippen molar-refractivity contribution in [3.63, 3.8) is 0 Å². The van der Waals surface area contributed by atoms with Gasteiger partial charge in [-0.15, -0.1) is 0 Å². The summed E-state index contributed by atoms with van der Waals surface area (Å²) in [7, 11) is 1.42. The Hall–Kier alpha value is -2.01. The van der Waals surface area contributed by atoms with Crippen LogP contribution in [-0.4, -0.2) is 19.7 Å². The molecule has 2 aliphatic rings. The van der Waals surface area contributed by atoms with Gasteiger partial charge in [0.2, 0.25) is 0 Å². The van der Waals surface area contributed by atoms with Gasteiger partial charge in [0.25, 0.3) is 0 Å². The van der Waals surface area contributed by atoms with Crippen LogP contribution >= 0.6 is 15.9 Å². The second-order valence-electron chi connectivity index (χ2n) is 6.49.